The summed E-state index contributed by atoms with van der Waals surface area (Å²) in [5.74, 6) is 0. The number of hydrogen-bond acceptors (Lipinski definition) is 5. The van der Waals surface area contributed by atoms with Crippen LogP contribution < -0.4 is 9.80 Å². The van der Waals surface area contributed by atoms with E-state index < -0.39 is 14.9 Å². The summed E-state index contributed by atoms with van der Waals surface area (Å²) >= 11 is 0. The van der Waals surface area contributed by atoms with Gasteiger partial charge in [-0.05, 0) is 25.0 Å². The highest BCUT2D eigenvalue weighted by molar-refractivity contribution is 7.89. The molecule has 2 fully saturated rings. The van der Waals surface area contributed by atoms with Crippen LogP contribution in [-0.2, 0) is 10.0 Å². The van der Waals surface area contributed by atoms with Crippen molar-refractivity contribution in [3.63, 3.8) is 0 Å². The molecule has 0 spiro atoms. The SMILES string of the molecule is CN(c1ccc(S(=O)(=O)N2CC[NH+](C)CC2)cc1[N+](=O)[O-])C1CCCCC1. The van der Waals surface area contributed by atoms with Crippen LogP contribution >= 0.6 is 0 Å². The molecule has 1 saturated carbocycles. The van der Waals surface area contributed by atoms with E-state index in [1.165, 1.54) is 27.8 Å². The number of rotatable bonds is 5. The van der Waals surface area contributed by atoms with E-state index in [2.05, 4.69) is 0 Å². The fourth-order valence-electron chi connectivity index (χ4n) is 4.03. The molecule has 0 radical (unpaired) electrons. The minimum atomic E-state index is -3.71. The van der Waals surface area contributed by atoms with Gasteiger partial charge in [0.15, 0.2) is 0 Å². The lowest BCUT2D eigenvalue weighted by molar-refractivity contribution is -0.883. The molecular formula is C18H29N4O4S+. The number of anilines is 1. The second kappa shape index (κ2) is 8.12. The molecule has 3 rings (SSSR count). The van der Waals surface area contributed by atoms with Crippen LogP contribution in [0, 0.1) is 10.1 Å². The zero-order valence-electron chi connectivity index (χ0n) is 16.1. The lowest BCUT2D eigenvalue weighted by atomic mass is 9.94. The average molecular weight is 398 g/mol. The second-order valence-corrected chi connectivity index (χ2v) is 9.61. The summed E-state index contributed by atoms with van der Waals surface area (Å²) in [5, 5.41) is 11.7. The Hall–Kier alpha value is -1.71. The van der Waals surface area contributed by atoms with Crippen molar-refractivity contribution >= 4 is 21.4 Å². The predicted molar refractivity (Wildman–Crippen MR) is 104 cm³/mol. The van der Waals surface area contributed by atoms with Gasteiger partial charge in [0.05, 0.1) is 43.0 Å². The summed E-state index contributed by atoms with van der Waals surface area (Å²) in [4.78, 5) is 14.5. The van der Waals surface area contributed by atoms with Crippen LogP contribution in [-0.4, -0.2) is 64.0 Å². The molecule has 0 atom stereocenters. The standard InChI is InChI=1S/C18H28N4O4S/c1-19-10-12-21(13-11-19)27(25,26)16-8-9-17(18(14-16)22(23)24)20(2)15-6-4-3-5-7-15/h8-9,14-15H,3-7,10-13H2,1-2H3/p+1. The molecule has 1 aliphatic heterocycles. The van der Waals surface area contributed by atoms with Gasteiger partial charge in [0.25, 0.3) is 5.69 Å². The maximum atomic E-state index is 12.9. The Bertz CT molecular complexity index is 785. The second-order valence-electron chi connectivity index (χ2n) is 7.67. The van der Waals surface area contributed by atoms with Gasteiger partial charge in [-0.25, -0.2) is 8.42 Å². The summed E-state index contributed by atoms with van der Waals surface area (Å²) < 4.78 is 27.3. The van der Waals surface area contributed by atoms with E-state index >= 15 is 0 Å². The van der Waals surface area contributed by atoms with Gasteiger partial charge >= 0.3 is 0 Å². The third-order valence-corrected chi connectivity index (χ3v) is 7.75. The first-order valence-electron chi connectivity index (χ1n) is 9.63. The molecule has 0 unspecified atom stereocenters. The minimum Gasteiger partial charge on any atom is -0.366 e. The average Bonchev–Trinajstić information content (AvgIpc) is 2.68. The molecule has 0 bridgehead atoms. The van der Waals surface area contributed by atoms with Gasteiger partial charge in [0, 0.05) is 19.2 Å². The number of sulfonamides is 1. The molecule has 1 aromatic carbocycles. The lowest BCUT2D eigenvalue weighted by Gasteiger charge is -2.33. The number of benzene rings is 1. The van der Waals surface area contributed by atoms with E-state index in [-0.39, 0.29) is 16.6 Å². The van der Waals surface area contributed by atoms with Crippen LogP contribution in [0.2, 0.25) is 0 Å². The molecule has 9 heteroatoms. The molecule has 2 aliphatic rings. The lowest BCUT2D eigenvalue weighted by Crippen LogP contribution is -3.12. The fraction of sp³-hybridized carbons (Fsp3) is 0.667. The number of quaternary nitrogens is 1. The van der Waals surface area contributed by atoms with E-state index in [1.54, 1.807) is 6.07 Å². The molecule has 0 amide bonds. The molecule has 0 aromatic heterocycles. The van der Waals surface area contributed by atoms with E-state index in [1.807, 2.05) is 19.0 Å². The van der Waals surface area contributed by atoms with Crippen LogP contribution in [0.15, 0.2) is 23.1 Å². The summed E-state index contributed by atoms with van der Waals surface area (Å²) in [6, 6.07) is 4.61. The third kappa shape index (κ3) is 4.25. The zero-order valence-corrected chi connectivity index (χ0v) is 16.9. The van der Waals surface area contributed by atoms with E-state index in [9.17, 15) is 18.5 Å². The Morgan fingerprint density at radius 2 is 1.81 bits per heavy atom. The Morgan fingerprint density at radius 1 is 1.19 bits per heavy atom. The van der Waals surface area contributed by atoms with Gasteiger partial charge in [-0.3, -0.25) is 10.1 Å². The van der Waals surface area contributed by atoms with Crippen molar-refractivity contribution < 1.29 is 18.2 Å². The van der Waals surface area contributed by atoms with Crippen molar-refractivity contribution in [3.05, 3.63) is 28.3 Å². The maximum Gasteiger partial charge on any atom is 0.293 e. The Balaban J connectivity index is 1.90. The van der Waals surface area contributed by atoms with Gasteiger partial charge in [-0.15, -0.1) is 0 Å². The van der Waals surface area contributed by atoms with Crippen molar-refractivity contribution in [2.75, 3.05) is 45.2 Å². The van der Waals surface area contributed by atoms with Crippen LogP contribution in [0.4, 0.5) is 11.4 Å². The molecule has 27 heavy (non-hydrogen) atoms. The van der Waals surface area contributed by atoms with E-state index in [0.29, 0.717) is 18.8 Å². The number of likely N-dealkylation sites (N-methyl/N-ethyl adjacent to an activating group) is 1. The van der Waals surface area contributed by atoms with Crippen LogP contribution in [0.3, 0.4) is 0 Å². The number of piperazine rings is 1. The molecule has 1 aliphatic carbocycles. The minimum absolute atomic E-state index is 0.00884. The molecule has 1 N–H and O–H groups in total. The van der Waals surface area contributed by atoms with Crippen LogP contribution in [0.25, 0.3) is 0 Å². The highest BCUT2D eigenvalue weighted by atomic mass is 32.2. The number of nitro groups is 1. The zero-order chi connectivity index (χ0) is 19.6. The summed E-state index contributed by atoms with van der Waals surface area (Å²) in [5.41, 5.74) is 0.359. The van der Waals surface area contributed by atoms with Crippen LogP contribution in [0.5, 0.6) is 0 Å². The van der Waals surface area contributed by atoms with Crippen molar-refractivity contribution in [2.45, 2.75) is 43.0 Å². The molecule has 1 saturated heterocycles. The molecular weight excluding hydrogens is 368 g/mol. The largest absolute Gasteiger partial charge is 0.366 e. The number of hydrogen-bond donors (Lipinski definition) is 1. The summed E-state index contributed by atoms with van der Waals surface area (Å²) in [7, 11) is 0.191. The van der Waals surface area contributed by atoms with Gasteiger partial charge < -0.3 is 9.80 Å². The monoisotopic (exact) mass is 397 g/mol. The van der Waals surface area contributed by atoms with E-state index in [4.69, 9.17) is 0 Å². The molecule has 8 nitrogen and oxygen atoms in total. The third-order valence-electron chi connectivity index (χ3n) is 5.86. The molecule has 1 aromatic rings. The first-order chi connectivity index (χ1) is 12.8. The summed E-state index contributed by atoms with van der Waals surface area (Å²) in [6.07, 6.45) is 5.48. The van der Waals surface area contributed by atoms with Crippen molar-refractivity contribution in [1.29, 1.82) is 0 Å². The number of nitrogens with zero attached hydrogens (tertiary/aromatic N) is 3. The van der Waals surface area contributed by atoms with E-state index in [0.717, 1.165) is 38.8 Å². The normalized spacial score (nSPS) is 20.5. The first kappa shape index (κ1) is 20.0. The quantitative estimate of drug-likeness (QED) is 0.589. The number of nitro benzene ring substituents is 1. The van der Waals surface area contributed by atoms with Gasteiger partial charge in [0.1, 0.15) is 5.69 Å². The van der Waals surface area contributed by atoms with Crippen molar-refractivity contribution in [2.24, 2.45) is 0 Å². The smallest absolute Gasteiger partial charge is 0.293 e. The summed E-state index contributed by atoms with van der Waals surface area (Å²) in [6.45, 7) is 2.35. The van der Waals surface area contributed by atoms with Crippen LogP contribution in [0.1, 0.15) is 32.1 Å². The Morgan fingerprint density at radius 3 is 2.41 bits per heavy atom. The molecule has 150 valence electrons. The highest BCUT2D eigenvalue weighted by Gasteiger charge is 2.32. The van der Waals surface area contributed by atoms with Gasteiger partial charge in [-0.1, -0.05) is 19.3 Å². The Kier molecular flexibility index (Phi) is 6.02. The molecule has 1 heterocycles. The van der Waals surface area contributed by atoms with Gasteiger partial charge in [0.2, 0.25) is 10.0 Å². The predicted octanol–water partition coefficient (Wildman–Crippen LogP) is 0.883. The first-order valence-corrected chi connectivity index (χ1v) is 11.1. The van der Waals surface area contributed by atoms with Crippen molar-refractivity contribution in [3.8, 4) is 0 Å². The van der Waals surface area contributed by atoms with Crippen molar-refractivity contribution in [1.82, 2.24) is 4.31 Å². The number of nitrogens with one attached hydrogen (secondary N) is 1. The van der Waals surface area contributed by atoms with Gasteiger partial charge in [-0.2, -0.15) is 4.31 Å². The fourth-order valence-corrected chi connectivity index (χ4v) is 5.49. The Labute approximate surface area is 160 Å². The highest BCUT2D eigenvalue weighted by Crippen LogP contribution is 2.34. The maximum absolute atomic E-state index is 12.9. The topological polar surface area (TPSA) is 88.2 Å².